The maximum Gasteiger partial charge on any atom is 0.417 e. The number of aromatic nitrogens is 1. The van der Waals surface area contributed by atoms with Crippen LogP contribution in [0.2, 0.25) is 5.02 Å². The van der Waals surface area contributed by atoms with Crippen LogP contribution in [-0.2, 0) is 6.18 Å². The molecule has 1 heterocycles. The van der Waals surface area contributed by atoms with Gasteiger partial charge in [0.05, 0.1) is 12.1 Å². The minimum Gasteiger partial charge on any atom is -0.475 e. The van der Waals surface area contributed by atoms with Crippen molar-refractivity contribution in [1.29, 1.82) is 0 Å². The summed E-state index contributed by atoms with van der Waals surface area (Å²) in [6.07, 6.45) is -2.88. The highest BCUT2D eigenvalue weighted by Crippen LogP contribution is 2.32. The number of nitrogens with one attached hydrogen (secondary N) is 1. The van der Waals surface area contributed by atoms with Crippen LogP contribution in [0.15, 0.2) is 17.3 Å². The molecule has 1 aromatic rings. The highest BCUT2D eigenvalue weighted by atomic mass is 127. The lowest BCUT2D eigenvalue weighted by Crippen LogP contribution is -2.35. The molecule has 0 saturated heterocycles. The number of halogens is 5. The van der Waals surface area contributed by atoms with Crippen LogP contribution in [0.4, 0.5) is 13.2 Å². The van der Waals surface area contributed by atoms with Crippen LogP contribution in [0.25, 0.3) is 0 Å². The summed E-state index contributed by atoms with van der Waals surface area (Å²) >= 11 is 5.72. The van der Waals surface area contributed by atoms with E-state index in [0.717, 1.165) is 12.5 Å². The quantitative estimate of drug-likeness (QED) is 0.270. The highest BCUT2D eigenvalue weighted by Gasteiger charge is 2.31. The lowest BCUT2D eigenvalue weighted by Gasteiger charge is -2.11. The van der Waals surface area contributed by atoms with Crippen LogP contribution in [0, 0.1) is 5.92 Å². The van der Waals surface area contributed by atoms with Gasteiger partial charge in [-0.15, -0.1) is 24.0 Å². The molecule has 1 rings (SSSR count). The first-order valence-electron chi connectivity index (χ1n) is 7.09. The molecule has 5 nitrogen and oxygen atoms in total. The monoisotopic (exact) mass is 480 g/mol. The van der Waals surface area contributed by atoms with Gasteiger partial charge in [-0.05, 0) is 18.4 Å². The number of nitrogens with two attached hydrogens (primary N) is 1. The number of nitrogens with zero attached hydrogens (tertiary/aromatic N) is 2. The van der Waals surface area contributed by atoms with E-state index in [1.165, 1.54) is 0 Å². The second-order valence-corrected chi connectivity index (χ2v) is 5.64. The summed E-state index contributed by atoms with van der Waals surface area (Å²) in [5.74, 6) is 0.778. The van der Waals surface area contributed by atoms with E-state index in [-0.39, 0.29) is 41.5 Å². The molecule has 24 heavy (non-hydrogen) atoms. The fourth-order valence-electron chi connectivity index (χ4n) is 1.51. The van der Waals surface area contributed by atoms with Gasteiger partial charge >= 0.3 is 6.18 Å². The zero-order valence-corrected chi connectivity index (χ0v) is 16.4. The molecule has 1 aromatic heterocycles. The Bertz CT molecular complexity index is 541. The van der Waals surface area contributed by atoms with Gasteiger partial charge in [0.25, 0.3) is 0 Å². The van der Waals surface area contributed by atoms with Crippen LogP contribution in [-0.4, -0.2) is 30.6 Å². The molecule has 0 aromatic carbocycles. The summed E-state index contributed by atoms with van der Waals surface area (Å²) in [7, 11) is 0. The first kappa shape index (κ1) is 23.0. The topological polar surface area (TPSA) is 72.5 Å². The summed E-state index contributed by atoms with van der Waals surface area (Å²) in [6, 6.07) is 0.777. The van der Waals surface area contributed by atoms with E-state index < -0.39 is 11.7 Å². The maximum atomic E-state index is 12.5. The van der Waals surface area contributed by atoms with Gasteiger partial charge in [-0.2, -0.15) is 13.2 Å². The molecule has 0 unspecified atom stereocenters. The summed E-state index contributed by atoms with van der Waals surface area (Å²) < 4.78 is 42.6. The van der Waals surface area contributed by atoms with Crippen molar-refractivity contribution in [2.24, 2.45) is 16.6 Å². The lowest BCUT2D eigenvalue weighted by molar-refractivity contribution is -0.137. The zero-order chi connectivity index (χ0) is 17.5. The SMILES string of the molecule is CC(C)CCN=C(N)NCCOc1ncc(C(F)(F)F)cc1Cl.I. The number of guanidine groups is 1. The Hall–Kier alpha value is -0.970. The standard InChI is InChI=1S/C14H20ClF3N4O.HI/c1-9(2)3-4-20-13(19)21-5-6-23-12-11(15)7-10(8-22-12)14(16,17)18;/h7-9H,3-6H2,1-2H3,(H3,19,20,21);1H. The van der Waals surface area contributed by atoms with Crippen molar-refractivity contribution in [3.8, 4) is 5.88 Å². The van der Waals surface area contributed by atoms with Gasteiger partial charge in [-0.25, -0.2) is 4.98 Å². The molecule has 0 aliphatic heterocycles. The predicted molar refractivity (Wildman–Crippen MR) is 99.1 cm³/mol. The van der Waals surface area contributed by atoms with Crippen LogP contribution in [0.1, 0.15) is 25.8 Å². The molecule has 0 spiro atoms. The van der Waals surface area contributed by atoms with Crippen molar-refractivity contribution in [3.63, 3.8) is 0 Å². The van der Waals surface area contributed by atoms with Crippen molar-refractivity contribution in [3.05, 3.63) is 22.8 Å². The Morgan fingerprint density at radius 1 is 1.46 bits per heavy atom. The molecule has 0 amide bonds. The molecule has 0 aliphatic carbocycles. The Balaban J connectivity index is 0.00000529. The first-order chi connectivity index (χ1) is 10.7. The maximum absolute atomic E-state index is 12.5. The fourth-order valence-corrected chi connectivity index (χ4v) is 1.73. The normalized spacial score (nSPS) is 12.0. The van der Waals surface area contributed by atoms with Gasteiger partial charge in [-0.1, -0.05) is 25.4 Å². The van der Waals surface area contributed by atoms with E-state index in [0.29, 0.717) is 31.2 Å². The molecule has 0 atom stereocenters. The zero-order valence-electron chi connectivity index (χ0n) is 13.4. The molecule has 3 N–H and O–H groups in total. The Labute approximate surface area is 161 Å². The van der Waals surface area contributed by atoms with Crippen molar-refractivity contribution in [2.75, 3.05) is 19.7 Å². The predicted octanol–water partition coefficient (Wildman–Crippen LogP) is 3.70. The minimum absolute atomic E-state index is 0. The second kappa shape index (κ2) is 10.8. The Kier molecular flexibility index (Phi) is 10.4. The van der Waals surface area contributed by atoms with Crippen molar-refractivity contribution in [2.45, 2.75) is 26.4 Å². The largest absolute Gasteiger partial charge is 0.475 e. The molecule has 10 heteroatoms. The number of pyridine rings is 1. The molecule has 0 bridgehead atoms. The van der Waals surface area contributed by atoms with E-state index in [9.17, 15) is 13.2 Å². The van der Waals surface area contributed by atoms with Gasteiger partial charge in [0.15, 0.2) is 5.96 Å². The van der Waals surface area contributed by atoms with E-state index in [1.807, 2.05) is 0 Å². The smallest absolute Gasteiger partial charge is 0.417 e. The van der Waals surface area contributed by atoms with Gasteiger partial charge < -0.3 is 15.8 Å². The average Bonchev–Trinajstić information content (AvgIpc) is 2.43. The van der Waals surface area contributed by atoms with Crippen LogP contribution in [0.5, 0.6) is 5.88 Å². The summed E-state index contributed by atoms with van der Waals surface area (Å²) in [6.45, 7) is 5.28. The minimum atomic E-state index is -4.49. The molecule has 0 saturated carbocycles. The number of alkyl halides is 3. The van der Waals surface area contributed by atoms with Crippen LogP contribution >= 0.6 is 35.6 Å². The van der Waals surface area contributed by atoms with Crippen LogP contribution in [0.3, 0.4) is 0 Å². The molecule has 138 valence electrons. The third-order valence-corrected chi connectivity index (χ3v) is 3.04. The molecular weight excluding hydrogens is 460 g/mol. The van der Waals surface area contributed by atoms with Gasteiger partial charge in [0, 0.05) is 12.7 Å². The average molecular weight is 481 g/mol. The third-order valence-electron chi connectivity index (χ3n) is 2.77. The first-order valence-corrected chi connectivity index (χ1v) is 7.47. The number of hydrogen-bond acceptors (Lipinski definition) is 3. The second-order valence-electron chi connectivity index (χ2n) is 5.23. The lowest BCUT2D eigenvalue weighted by atomic mass is 10.1. The summed E-state index contributed by atoms with van der Waals surface area (Å²) in [5.41, 5.74) is 4.73. The Morgan fingerprint density at radius 3 is 2.67 bits per heavy atom. The van der Waals surface area contributed by atoms with Crippen molar-refractivity contribution < 1.29 is 17.9 Å². The molecular formula is C14H21ClF3IN4O. The number of rotatable bonds is 7. The van der Waals surface area contributed by atoms with Crippen LogP contribution < -0.4 is 15.8 Å². The van der Waals surface area contributed by atoms with Gasteiger partial charge in [-0.3, -0.25) is 4.99 Å². The fraction of sp³-hybridized carbons (Fsp3) is 0.571. The van der Waals surface area contributed by atoms with E-state index in [4.69, 9.17) is 22.1 Å². The van der Waals surface area contributed by atoms with Crippen molar-refractivity contribution >= 4 is 41.5 Å². The van der Waals surface area contributed by atoms with Gasteiger partial charge in [0.2, 0.25) is 5.88 Å². The number of ether oxygens (including phenoxy) is 1. The van der Waals surface area contributed by atoms with E-state index in [2.05, 4.69) is 29.1 Å². The molecule has 0 radical (unpaired) electrons. The third kappa shape index (κ3) is 8.76. The number of hydrogen-bond donors (Lipinski definition) is 2. The highest BCUT2D eigenvalue weighted by molar-refractivity contribution is 14.0. The number of aliphatic imine (C=N–C) groups is 1. The summed E-state index contributed by atoms with van der Waals surface area (Å²) in [5, 5.41) is 2.64. The molecule has 0 aliphatic rings. The Morgan fingerprint density at radius 2 is 2.12 bits per heavy atom. The van der Waals surface area contributed by atoms with Crippen molar-refractivity contribution in [1.82, 2.24) is 10.3 Å². The van der Waals surface area contributed by atoms with E-state index >= 15 is 0 Å². The van der Waals surface area contributed by atoms with Gasteiger partial charge in [0.1, 0.15) is 11.6 Å². The summed E-state index contributed by atoms with van der Waals surface area (Å²) in [4.78, 5) is 7.69. The molecule has 0 fully saturated rings. The van der Waals surface area contributed by atoms with E-state index in [1.54, 1.807) is 0 Å².